The van der Waals surface area contributed by atoms with E-state index >= 15 is 0 Å². The minimum Gasteiger partial charge on any atom is -0.468 e. The first kappa shape index (κ1) is 15.4. The van der Waals surface area contributed by atoms with Crippen LogP contribution in [0.3, 0.4) is 0 Å². The summed E-state index contributed by atoms with van der Waals surface area (Å²) in [5.41, 5.74) is 0. The van der Waals surface area contributed by atoms with Crippen LogP contribution in [0.2, 0.25) is 0 Å². The normalized spacial score (nSPS) is 18.4. The smallest absolute Gasteiger partial charge is 0.307 e. The summed E-state index contributed by atoms with van der Waals surface area (Å²) in [6.07, 6.45) is 2.98. The molecule has 6 nitrogen and oxygen atoms in total. The Kier molecular flexibility index (Phi) is 5.25. The molecule has 1 aromatic heterocycles. The number of carbonyl (C=O) groups excluding carboxylic acids is 2. The average Bonchev–Trinajstić information content (AvgIpc) is 2.96. The zero-order valence-electron chi connectivity index (χ0n) is 12.5. The maximum atomic E-state index is 12.5. The molecule has 1 aliphatic rings. The van der Waals surface area contributed by atoms with Crippen LogP contribution in [0, 0.1) is 0 Å². The van der Waals surface area contributed by atoms with Crippen molar-refractivity contribution in [1.82, 2.24) is 4.90 Å². The maximum Gasteiger partial charge on any atom is 0.307 e. The summed E-state index contributed by atoms with van der Waals surface area (Å²) in [7, 11) is 1.48. The van der Waals surface area contributed by atoms with Gasteiger partial charge in [0.05, 0.1) is 20.1 Å². The van der Waals surface area contributed by atoms with E-state index in [0.29, 0.717) is 19.1 Å². The van der Waals surface area contributed by atoms with Gasteiger partial charge in [0.15, 0.2) is 5.76 Å². The molecule has 0 aliphatic carbocycles. The quantitative estimate of drug-likeness (QED) is 0.779. The van der Waals surface area contributed by atoms with Crippen molar-refractivity contribution in [1.29, 1.82) is 0 Å². The van der Waals surface area contributed by atoms with Crippen molar-refractivity contribution in [2.24, 2.45) is 0 Å². The molecule has 1 fully saturated rings. The molecule has 1 atom stereocenters. The highest BCUT2D eigenvalue weighted by atomic mass is 16.6. The molecule has 116 valence electrons. The largest absolute Gasteiger partial charge is 0.468 e. The van der Waals surface area contributed by atoms with Gasteiger partial charge in [0.2, 0.25) is 0 Å². The fourth-order valence-electron chi connectivity index (χ4n) is 2.58. The van der Waals surface area contributed by atoms with Crippen LogP contribution in [-0.2, 0) is 9.53 Å². The van der Waals surface area contributed by atoms with E-state index in [-0.39, 0.29) is 30.1 Å². The number of piperidine rings is 1. The van der Waals surface area contributed by atoms with Crippen molar-refractivity contribution < 1.29 is 23.5 Å². The van der Waals surface area contributed by atoms with Crippen molar-refractivity contribution >= 4 is 11.9 Å². The molecule has 0 bridgehead atoms. The number of nitrogens with zero attached hydrogens (tertiary/aromatic N) is 1. The fourth-order valence-corrected chi connectivity index (χ4v) is 2.58. The minimum atomic E-state index is -0.265. The average molecular weight is 295 g/mol. The molecular weight excluding hydrogens is 274 g/mol. The van der Waals surface area contributed by atoms with E-state index < -0.39 is 0 Å². The highest BCUT2D eigenvalue weighted by Gasteiger charge is 2.31. The highest BCUT2D eigenvalue weighted by molar-refractivity contribution is 5.92. The number of likely N-dealkylation sites (tertiary alicyclic amines) is 1. The summed E-state index contributed by atoms with van der Waals surface area (Å²) in [6, 6.07) is 3.08. The first-order valence-electron chi connectivity index (χ1n) is 7.26. The van der Waals surface area contributed by atoms with Gasteiger partial charge >= 0.3 is 5.97 Å². The second kappa shape index (κ2) is 7.15. The monoisotopic (exact) mass is 295 g/mol. The number of rotatable bonds is 5. The zero-order chi connectivity index (χ0) is 15.2. The van der Waals surface area contributed by atoms with Gasteiger partial charge in [-0.15, -0.1) is 0 Å². The molecule has 0 radical (unpaired) electrons. The molecule has 1 aromatic rings. The molecule has 0 spiro atoms. The van der Waals surface area contributed by atoms with Crippen LogP contribution in [0.15, 0.2) is 16.5 Å². The molecule has 21 heavy (non-hydrogen) atoms. The number of esters is 1. The van der Waals surface area contributed by atoms with Gasteiger partial charge < -0.3 is 18.8 Å². The maximum absolute atomic E-state index is 12.5. The summed E-state index contributed by atoms with van der Waals surface area (Å²) in [5.74, 6) is 0.0754. The topological polar surface area (TPSA) is 69.0 Å². The molecule has 1 aliphatic heterocycles. The Bertz CT molecular complexity index is 496. The summed E-state index contributed by atoms with van der Waals surface area (Å²) in [5, 5.41) is 0. The number of carbonyl (C=O) groups is 2. The number of methoxy groups -OCH3 is 1. The Morgan fingerprint density at radius 1 is 1.38 bits per heavy atom. The summed E-state index contributed by atoms with van der Waals surface area (Å²) < 4.78 is 15.2. The van der Waals surface area contributed by atoms with Crippen molar-refractivity contribution in [3.8, 4) is 5.95 Å². The van der Waals surface area contributed by atoms with Gasteiger partial charge in [-0.2, -0.15) is 0 Å². The predicted octanol–water partition coefficient (Wildman–Crippen LogP) is 2.24. The second-order valence-electron chi connectivity index (χ2n) is 4.98. The molecule has 0 unspecified atom stereocenters. The lowest BCUT2D eigenvalue weighted by atomic mass is 9.99. The van der Waals surface area contributed by atoms with E-state index in [9.17, 15) is 9.59 Å². The third-order valence-electron chi connectivity index (χ3n) is 3.59. The van der Waals surface area contributed by atoms with E-state index in [1.54, 1.807) is 24.0 Å². The van der Waals surface area contributed by atoms with Crippen LogP contribution in [0.4, 0.5) is 0 Å². The fraction of sp³-hybridized carbons (Fsp3) is 0.600. The van der Waals surface area contributed by atoms with E-state index in [0.717, 1.165) is 19.3 Å². The third-order valence-corrected chi connectivity index (χ3v) is 3.59. The Hall–Kier alpha value is -1.98. The molecule has 0 aromatic carbocycles. The van der Waals surface area contributed by atoms with E-state index in [4.69, 9.17) is 13.9 Å². The molecule has 1 amide bonds. The highest BCUT2D eigenvalue weighted by Crippen LogP contribution is 2.24. The van der Waals surface area contributed by atoms with Crippen LogP contribution in [0.25, 0.3) is 0 Å². The van der Waals surface area contributed by atoms with Gasteiger partial charge in [0.1, 0.15) is 0 Å². The lowest BCUT2D eigenvalue weighted by molar-refractivity contribution is -0.144. The molecule has 0 N–H and O–H groups in total. The molecule has 1 saturated heterocycles. The summed E-state index contributed by atoms with van der Waals surface area (Å²) in [6.45, 7) is 2.76. The summed E-state index contributed by atoms with van der Waals surface area (Å²) >= 11 is 0. The van der Waals surface area contributed by atoms with Crippen molar-refractivity contribution in [3.05, 3.63) is 17.9 Å². The minimum absolute atomic E-state index is 0.124. The third kappa shape index (κ3) is 3.77. The van der Waals surface area contributed by atoms with Gasteiger partial charge in [-0.1, -0.05) is 0 Å². The van der Waals surface area contributed by atoms with Crippen molar-refractivity contribution in [2.45, 2.75) is 38.6 Å². The number of furan rings is 1. The molecule has 0 saturated carbocycles. The number of hydrogen-bond donors (Lipinski definition) is 0. The van der Waals surface area contributed by atoms with Crippen LogP contribution in [-0.4, -0.2) is 43.1 Å². The van der Waals surface area contributed by atoms with Crippen LogP contribution >= 0.6 is 0 Å². The Morgan fingerprint density at radius 3 is 2.86 bits per heavy atom. The van der Waals surface area contributed by atoms with Crippen molar-refractivity contribution in [2.75, 3.05) is 20.3 Å². The second-order valence-corrected chi connectivity index (χ2v) is 4.98. The zero-order valence-corrected chi connectivity index (χ0v) is 12.5. The van der Waals surface area contributed by atoms with Gasteiger partial charge in [-0.25, -0.2) is 0 Å². The standard InChI is InChI=1S/C15H21NO5/c1-3-20-13(17)10-11-6-4-5-9-16(11)15(18)12-7-8-14(19-2)21-12/h7-8,11H,3-6,9-10H2,1-2H3/t11-/m1/s1. The Morgan fingerprint density at radius 2 is 2.19 bits per heavy atom. The molecular formula is C15H21NO5. The first-order valence-corrected chi connectivity index (χ1v) is 7.26. The van der Waals surface area contributed by atoms with Crippen LogP contribution < -0.4 is 4.74 Å². The molecule has 2 heterocycles. The van der Waals surface area contributed by atoms with Gasteiger partial charge in [-0.3, -0.25) is 9.59 Å². The SMILES string of the molecule is CCOC(=O)C[C@H]1CCCCN1C(=O)c1ccc(OC)o1. The van der Waals surface area contributed by atoms with Gasteiger partial charge in [-0.05, 0) is 32.3 Å². The predicted molar refractivity (Wildman–Crippen MR) is 75.2 cm³/mol. The molecule has 2 rings (SSSR count). The van der Waals surface area contributed by atoms with E-state index in [1.165, 1.54) is 7.11 Å². The van der Waals surface area contributed by atoms with E-state index in [1.807, 2.05) is 0 Å². The van der Waals surface area contributed by atoms with Crippen molar-refractivity contribution in [3.63, 3.8) is 0 Å². The Labute approximate surface area is 124 Å². The number of ether oxygens (including phenoxy) is 2. The number of hydrogen-bond acceptors (Lipinski definition) is 5. The first-order chi connectivity index (χ1) is 10.2. The van der Waals surface area contributed by atoms with Gasteiger partial charge in [0, 0.05) is 18.7 Å². The Balaban J connectivity index is 2.06. The molecule has 6 heteroatoms. The lowest BCUT2D eigenvalue weighted by Crippen LogP contribution is -2.44. The number of amides is 1. The van der Waals surface area contributed by atoms with Gasteiger partial charge in [0.25, 0.3) is 11.9 Å². The van der Waals surface area contributed by atoms with Crippen LogP contribution in [0.5, 0.6) is 5.95 Å². The summed E-state index contributed by atoms with van der Waals surface area (Å²) in [4.78, 5) is 25.9. The lowest BCUT2D eigenvalue weighted by Gasteiger charge is -2.34. The van der Waals surface area contributed by atoms with Crippen LogP contribution in [0.1, 0.15) is 43.2 Å². The van der Waals surface area contributed by atoms with E-state index in [2.05, 4.69) is 0 Å².